The second-order valence-corrected chi connectivity index (χ2v) is 8.88. The molecule has 7 nitrogen and oxygen atoms in total. The molecule has 4 rings (SSSR count). The van der Waals surface area contributed by atoms with Crippen LogP contribution in [-0.2, 0) is 4.79 Å². The van der Waals surface area contributed by atoms with Crippen LogP contribution in [0.15, 0.2) is 71.9 Å². The van der Waals surface area contributed by atoms with Gasteiger partial charge in [0.1, 0.15) is 11.5 Å². The zero-order chi connectivity index (χ0) is 24.1. The molecule has 34 heavy (non-hydrogen) atoms. The number of benzene rings is 3. The lowest BCUT2D eigenvalue weighted by Crippen LogP contribution is -2.14. The molecule has 1 aromatic heterocycles. The molecule has 0 fully saturated rings. The first-order chi connectivity index (χ1) is 16.5. The number of halogens is 2. The Morgan fingerprint density at radius 3 is 2.32 bits per heavy atom. The Hall–Kier alpha value is -3.20. The van der Waals surface area contributed by atoms with Gasteiger partial charge in [-0.1, -0.05) is 47.1 Å². The van der Waals surface area contributed by atoms with Gasteiger partial charge in [-0.2, -0.15) is 0 Å². The van der Waals surface area contributed by atoms with Gasteiger partial charge in [0.15, 0.2) is 11.0 Å². The predicted molar refractivity (Wildman–Crippen MR) is 136 cm³/mol. The molecule has 0 saturated carbocycles. The molecular formula is C24H20Cl2N4O3S. The zero-order valence-corrected chi connectivity index (χ0v) is 20.6. The minimum absolute atomic E-state index is 0.108. The number of hydrogen-bond donors (Lipinski definition) is 1. The number of carbonyl (C=O) groups is 1. The van der Waals surface area contributed by atoms with Crippen molar-refractivity contribution in [3.8, 4) is 28.6 Å². The minimum Gasteiger partial charge on any atom is -0.497 e. The number of thioether (sulfide) groups is 1. The van der Waals surface area contributed by atoms with Crippen LogP contribution in [0.2, 0.25) is 10.0 Å². The molecule has 0 aliphatic rings. The highest BCUT2D eigenvalue weighted by Gasteiger charge is 2.18. The van der Waals surface area contributed by atoms with Crippen molar-refractivity contribution in [2.24, 2.45) is 0 Å². The molecule has 0 bridgehead atoms. The van der Waals surface area contributed by atoms with Crippen LogP contribution in [0.5, 0.6) is 11.5 Å². The van der Waals surface area contributed by atoms with Crippen LogP contribution < -0.4 is 14.8 Å². The Morgan fingerprint density at radius 1 is 0.941 bits per heavy atom. The maximum Gasteiger partial charge on any atom is 0.234 e. The molecule has 1 N–H and O–H groups in total. The summed E-state index contributed by atoms with van der Waals surface area (Å²) < 4.78 is 12.5. The summed E-state index contributed by atoms with van der Waals surface area (Å²) in [5.74, 6) is 1.93. The molecular weight excluding hydrogens is 495 g/mol. The van der Waals surface area contributed by atoms with E-state index in [1.807, 2.05) is 53.1 Å². The number of aromatic nitrogens is 3. The van der Waals surface area contributed by atoms with E-state index < -0.39 is 0 Å². The Kier molecular flexibility index (Phi) is 7.62. The largest absolute Gasteiger partial charge is 0.497 e. The van der Waals surface area contributed by atoms with Gasteiger partial charge in [-0.15, -0.1) is 10.2 Å². The lowest BCUT2D eigenvalue weighted by atomic mass is 10.2. The summed E-state index contributed by atoms with van der Waals surface area (Å²) in [6.07, 6.45) is 0. The summed E-state index contributed by atoms with van der Waals surface area (Å²) in [5, 5.41) is 13.0. The normalized spacial score (nSPS) is 10.7. The third-order valence-corrected chi connectivity index (χ3v) is 6.14. The average Bonchev–Trinajstić information content (AvgIpc) is 3.26. The summed E-state index contributed by atoms with van der Waals surface area (Å²) in [6, 6.07) is 20.0. The van der Waals surface area contributed by atoms with Crippen molar-refractivity contribution in [3.05, 3.63) is 76.8 Å². The standard InChI is InChI=1S/C24H20Cl2N4O3S/c1-32-20-8-6-19(7-9-20)30-23(15-4-3-5-21(10-15)33-2)28-29-24(30)34-14-22(31)27-18-12-16(25)11-17(26)13-18/h3-13H,14H2,1-2H3,(H,27,31). The van der Waals surface area contributed by atoms with Crippen molar-refractivity contribution in [3.63, 3.8) is 0 Å². The van der Waals surface area contributed by atoms with Gasteiger partial charge in [0, 0.05) is 27.0 Å². The summed E-state index contributed by atoms with van der Waals surface area (Å²) in [7, 11) is 3.22. The quantitative estimate of drug-likeness (QED) is 0.291. The summed E-state index contributed by atoms with van der Waals surface area (Å²) in [5.41, 5.74) is 2.18. The highest BCUT2D eigenvalue weighted by molar-refractivity contribution is 7.99. The molecule has 10 heteroatoms. The minimum atomic E-state index is -0.226. The predicted octanol–water partition coefficient (Wildman–Crippen LogP) is 5.99. The van der Waals surface area contributed by atoms with Gasteiger partial charge in [-0.05, 0) is 54.6 Å². The van der Waals surface area contributed by atoms with Crippen molar-refractivity contribution in [2.75, 3.05) is 25.3 Å². The van der Waals surface area contributed by atoms with Gasteiger partial charge in [0.25, 0.3) is 0 Å². The first-order valence-corrected chi connectivity index (χ1v) is 11.8. The smallest absolute Gasteiger partial charge is 0.234 e. The van der Waals surface area contributed by atoms with Crippen LogP contribution in [0, 0.1) is 0 Å². The molecule has 0 aliphatic heterocycles. The molecule has 4 aromatic rings. The molecule has 0 radical (unpaired) electrons. The van der Waals surface area contributed by atoms with Gasteiger partial charge in [-0.25, -0.2) is 0 Å². The number of nitrogens with zero attached hydrogens (tertiary/aromatic N) is 3. The van der Waals surface area contributed by atoms with Crippen LogP contribution in [-0.4, -0.2) is 40.6 Å². The van der Waals surface area contributed by atoms with Crippen LogP contribution in [0.4, 0.5) is 5.69 Å². The van der Waals surface area contributed by atoms with E-state index in [2.05, 4.69) is 15.5 Å². The molecule has 1 heterocycles. The van der Waals surface area contributed by atoms with E-state index in [1.165, 1.54) is 11.8 Å². The van der Waals surface area contributed by atoms with E-state index in [9.17, 15) is 4.79 Å². The number of rotatable bonds is 8. The molecule has 0 aliphatic carbocycles. The number of carbonyl (C=O) groups excluding carboxylic acids is 1. The topological polar surface area (TPSA) is 78.3 Å². The second-order valence-electron chi connectivity index (χ2n) is 7.07. The summed E-state index contributed by atoms with van der Waals surface area (Å²) >= 11 is 13.3. The van der Waals surface area contributed by atoms with Gasteiger partial charge >= 0.3 is 0 Å². The summed E-state index contributed by atoms with van der Waals surface area (Å²) in [6.45, 7) is 0. The molecule has 174 valence electrons. The van der Waals surface area contributed by atoms with Gasteiger partial charge in [0.2, 0.25) is 5.91 Å². The van der Waals surface area contributed by atoms with Gasteiger partial charge < -0.3 is 14.8 Å². The fraction of sp³-hybridized carbons (Fsp3) is 0.125. The van der Waals surface area contributed by atoms with Crippen LogP contribution in [0.1, 0.15) is 0 Å². The third-order valence-electron chi connectivity index (χ3n) is 4.77. The van der Waals surface area contributed by atoms with Crippen molar-refractivity contribution >= 4 is 46.6 Å². The Balaban J connectivity index is 1.62. The fourth-order valence-corrected chi connectivity index (χ4v) is 4.51. The first-order valence-electron chi connectivity index (χ1n) is 10.1. The van der Waals surface area contributed by atoms with Gasteiger partial charge in [0.05, 0.1) is 20.0 Å². The Morgan fingerprint density at radius 2 is 1.65 bits per heavy atom. The highest BCUT2D eigenvalue weighted by Crippen LogP contribution is 2.31. The van der Waals surface area contributed by atoms with E-state index in [-0.39, 0.29) is 11.7 Å². The van der Waals surface area contributed by atoms with Crippen molar-refractivity contribution in [2.45, 2.75) is 5.16 Å². The van der Waals surface area contributed by atoms with Crippen LogP contribution in [0.25, 0.3) is 17.1 Å². The maximum absolute atomic E-state index is 12.6. The van der Waals surface area contributed by atoms with E-state index in [4.69, 9.17) is 32.7 Å². The lowest BCUT2D eigenvalue weighted by molar-refractivity contribution is -0.113. The number of methoxy groups -OCH3 is 2. The van der Waals surface area contributed by atoms with Crippen molar-refractivity contribution < 1.29 is 14.3 Å². The number of hydrogen-bond acceptors (Lipinski definition) is 6. The van der Waals surface area contributed by atoms with E-state index in [1.54, 1.807) is 32.4 Å². The molecule has 1 amide bonds. The van der Waals surface area contributed by atoms with Crippen molar-refractivity contribution in [1.29, 1.82) is 0 Å². The highest BCUT2D eigenvalue weighted by atomic mass is 35.5. The van der Waals surface area contributed by atoms with Gasteiger partial charge in [-0.3, -0.25) is 9.36 Å². The second kappa shape index (κ2) is 10.8. The van der Waals surface area contributed by atoms with Crippen LogP contribution in [0.3, 0.4) is 0 Å². The number of anilines is 1. The zero-order valence-electron chi connectivity index (χ0n) is 18.3. The number of ether oxygens (including phenoxy) is 2. The number of amides is 1. The maximum atomic E-state index is 12.6. The lowest BCUT2D eigenvalue weighted by Gasteiger charge is -2.12. The van der Waals surface area contributed by atoms with Crippen LogP contribution >= 0.6 is 35.0 Å². The molecule has 3 aromatic carbocycles. The molecule has 0 atom stereocenters. The SMILES string of the molecule is COc1ccc(-n2c(SCC(=O)Nc3cc(Cl)cc(Cl)c3)nnc2-c2cccc(OC)c2)cc1. The first kappa shape index (κ1) is 23.9. The number of nitrogens with one attached hydrogen (secondary N) is 1. The van der Waals surface area contributed by atoms with E-state index >= 15 is 0 Å². The monoisotopic (exact) mass is 514 g/mol. The Bertz CT molecular complexity index is 1290. The molecule has 0 unspecified atom stereocenters. The third kappa shape index (κ3) is 5.64. The average molecular weight is 515 g/mol. The summed E-state index contributed by atoms with van der Waals surface area (Å²) in [4.78, 5) is 12.6. The van der Waals surface area contributed by atoms with Crippen molar-refractivity contribution in [1.82, 2.24) is 14.8 Å². The van der Waals surface area contributed by atoms with E-state index in [0.29, 0.717) is 32.5 Å². The molecule has 0 saturated heterocycles. The Labute approximate surface area is 211 Å². The van der Waals surface area contributed by atoms with E-state index in [0.717, 1.165) is 17.0 Å². The fourth-order valence-electron chi connectivity index (χ4n) is 3.23. The molecule has 0 spiro atoms.